The SMILES string of the molecule is CCN(C(=O)Cc1c(C)nn(C)c1C)C(C)CC(=O)O. The highest BCUT2D eigenvalue weighted by Gasteiger charge is 2.23. The second kappa shape index (κ2) is 6.54. The van der Waals surface area contributed by atoms with Crippen molar-refractivity contribution in [2.24, 2.45) is 7.05 Å². The summed E-state index contributed by atoms with van der Waals surface area (Å²) in [5.41, 5.74) is 2.75. The number of aryl methyl sites for hydroxylation is 2. The number of hydrogen-bond donors (Lipinski definition) is 1. The van der Waals surface area contributed by atoms with Gasteiger partial charge in [0.25, 0.3) is 0 Å². The molecule has 6 nitrogen and oxygen atoms in total. The highest BCUT2D eigenvalue weighted by atomic mass is 16.4. The van der Waals surface area contributed by atoms with E-state index >= 15 is 0 Å². The monoisotopic (exact) mass is 281 g/mol. The maximum Gasteiger partial charge on any atom is 0.305 e. The molecule has 1 rings (SSSR count). The van der Waals surface area contributed by atoms with Crippen LogP contribution in [0.4, 0.5) is 0 Å². The van der Waals surface area contributed by atoms with Crippen molar-refractivity contribution in [3.05, 3.63) is 17.0 Å². The Morgan fingerprint density at radius 1 is 1.40 bits per heavy atom. The number of carbonyl (C=O) groups is 2. The van der Waals surface area contributed by atoms with Gasteiger partial charge in [0.05, 0.1) is 18.5 Å². The van der Waals surface area contributed by atoms with E-state index in [2.05, 4.69) is 5.10 Å². The highest BCUT2D eigenvalue weighted by molar-refractivity contribution is 5.80. The van der Waals surface area contributed by atoms with Gasteiger partial charge in [0.1, 0.15) is 0 Å². The van der Waals surface area contributed by atoms with Crippen molar-refractivity contribution >= 4 is 11.9 Å². The minimum Gasteiger partial charge on any atom is -0.481 e. The summed E-state index contributed by atoms with van der Waals surface area (Å²) in [4.78, 5) is 24.8. The third-order valence-corrected chi connectivity index (χ3v) is 3.65. The summed E-state index contributed by atoms with van der Waals surface area (Å²) in [6, 6.07) is -0.303. The van der Waals surface area contributed by atoms with Gasteiger partial charge in [0, 0.05) is 30.9 Å². The first kappa shape index (κ1) is 16.2. The molecule has 0 saturated heterocycles. The summed E-state index contributed by atoms with van der Waals surface area (Å²) in [6.45, 7) is 7.94. The number of carboxylic acids is 1. The summed E-state index contributed by atoms with van der Waals surface area (Å²) >= 11 is 0. The van der Waals surface area contributed by atoms with E-state index in [1.54, 1.807) is 16.5 Å². The van der Waals surface area contributed by atoms with Crippen LogP contribution in [0.5, 0.6) is 0 Å². The average Bonchev–Trinajstić information content (AvgIpc) is 2.56. The minimum absolute atomic E-state index is 0.0371. The lowest BCUT2D eigenvalue weighted by Gasteiger charge is -2.27. The first-order chi connectivity index (χ1) is 9.27. The molecule has 0 aromatic carbocycles. The molecule has 0 saturated carbocycles. The molecule has 0 spiro atoms. The van der Waals surface area contributed by atoms with Crippen LogP contribution in [0.2, 0.25) is 0 Å². The van der Waals surface area contributed by atoms with Gasteiger partial charge in [-0.3, -0.25) is 14.3 Å². The lowest BCUT2D eigenvalue weighted by molar-refractivity contribution is -0.140. The van der Waals surface area contributed by atoms with Crippen LogP contribution in [0.15, 0.2) is 0 Å². The smallest absolute Gasteiger partial charge is 0.305 e. The number of rotatable bonds is 6. The van der Waals surface area contributed by atoms with Crippen LogP contribution in [-0.2, 0) is 23.1 Å². The molecule has 1 unspecified atom stereocenters. The lowest BCUT2D eigenvalue weighted by atomic mass is 10.1. The molecular formula is C14H23N3O3. The third kappa shape index (κ3) is 3.59. The fraction of sp³-hybridized carbons (Fsp3) is 0.643. The second-order valence-electron chi connectivity index (χ2n) is 5.08. The maximum absolute atomic E-state index is 12.4. The molecule has 0 aliphatic carbocycles. The normalized spacial score (nSPS) is 12.2. The van der Waals surface area contributed by atoms with Crippen molar-refractivity contribution < 1.29 is 14.7 Å². The molecule has 0 fully saturated rings. The first-order valence-electron chi connectivity index (χ1n) is 6.78. The number of carboxylic acid groups (broad SMARTS) is 1. The Morgan fingerprint density at radius 3 is 2.40 bits per heavy atom. The minimum atomic E-state index is -0.891. The third-order valence-electron chi connectivity index (χ3n) is 3.65. The molecule has 0 bridgehead atoms. The van der Waals surface area contributed by atoms with Crippen LogP contribution < -0.4 is 0 Å². The molecule has 1 N–H and O–H groups in total. The van der Waals surface area contributed by atoms with E-state index in [-0.39, 0.29) is 24.8 Å². The van der Waals surface area contributed by atoms with E-state index in [0.717, 1.165) is 17.0 Å². The molecule has 1 aromatic heterocycles. The van der Waals surface area contributed by atoms with Crippen molar-refractivity contribution in [1.82, 2.24) is 14.7 Å². The predicted octanol–water partition coefficient (Wildman–Crippen LogP) is 1.29. The van der Waals surface area contributed by atoms with Crippen molar-refractivity contribution in [2.75, 3.05) is 6.54 Å². The predicted molar refractivity (Wildman–Crippen MR) is 75.5 cm³/mol. The molecule has 112 valence electrons. The van der Waals surface area contributed by atoms with Gasteiger partial charge in [0.15, 0.2) is 0 Å². The van der Waals surface area contributed by atoms with Gasteiger partial charge in [-0.2, -0.15) is 5.10 Å². The van der Waals surface area contributed by atoms with Crippen molar-refractivity contribution in [3.63, 3.8) is 0 Å². The Labute approximate surface area is 119 Å². The Bertz CT molecular complexity index is 508. The molecule has 6 heteroatoms. The van der Waals surface area contributed by atoms with Gasteiger partial charge in [-0.15, -0.1) is 0 Å². The molecule has 1 atom stereocenters. The number of carbonyl (C=O) groups excluding carboxylic acids is 1. The second-order valence-corrected chi connectivity index (χ2v) is 5.08. The van der Waals surface area contributed by atoms with Crippen molar-refractivity contribution in [3.8, 4) is 0 Å². The molecule has 1 aromatic rings. The summed E-state index contributed by atoms with van der Waals surface area (Å²) in [7, 11) is 1.85. The number of amides is 1. The van der Waals surface area contributed by atoms with Gasteiger partial charge in [0.2, 0.25) is 5.91 Å². The first-order valence-corrected chi connectivity index (χ1v) is 6.78. The molecule has 1 heterocycles. The van der Waals surface area contributed by atoms with Gasteiger partial charge in [-0.1, -0.05) is 0 Å². The van der Waals surface area contributed by atoms with E-state index in [0.29, 0.717) is 6.54 Å². The molecule has 0 aliphatic heterocycles. The molecule has 0 radical (unpaired) electrons. The number of hydrogen-bond acceptors (Lipinski definition) is 3. The van der Waals surface area contributed by atoms with Crippen LogP contribution in [0.25, 0.3) is 0 Å². The van der Waals surface area contributed by atoms with E-state index in [9.17, 15) is 9.59 Å². The summed E-state index contributed by atoms with van der Waals surface area (Å²) in [6.07, 6.45) is 0.230. The molecule has 0 aliphatic rings. The Kier molecular flexibility index (Phi) is 5.30. The highest BCUT2D eigenvalue weighted by Crippen LogP contribution is 2.15. The zero-order valence-electron chi connectivity index (χ0n) is 12.8. The maximum atomic E-state index is 12.4. The van der Waals surface area contributed by atoms with E-state index < -0.39 is 5.97 Å². The van der Waals surface area contributed by atoms with Crippen LogP contribution in [0.1, 0.15) is 37.2 Å². The molecule has 1 amide bonds. The summed E-state index contributed by atoms with van der Waals surface area (Å²) in [5, 5.41) is 13.1. The average molecular weight is 281 g/mol. The van der Waals surface area contributed by atoms with Crippen molar-refractivity contribution in [2.45, 2.75) is 46.6 Å². The quantitative estimate of drug-likeness (QED) is 0.852. The van der Waals surface area contributed by atoms with Crippen molar-refractivity contribution in [1.29, 1.82) is 0 Å². The zero-order chi connectivity index (χ0) is 15.4. The Hall–Kier alpha value is -1.85. The largest absolute Gasteiger partial charge is 0.481 e. The van der Waals surface area contributed by atoms with Gasteiger partial charge in [-0.05, 0) is 27.7 Å². The van der Waals surface area contributed by atoms with E-state index in [4.69, 9.17) is 5.11 Å². The summed E-state index contributed by atoms with van der Waals surface area (Å²) in [5.74, 6) is -0.946. The van der Waals surface area contributed by atoms with Gasteiger partial charge < -0.3 is 10.0 Å². The number of likely N-dealkylation sites (N-methyl/N-ethyl adjacent to an activating group) is 1. The van der Waals surface area contributed by atoms with Gasteiger partial charge >= 0.3 is 5.97 Å². The fourth-order valence-corrected chi connectivity index (χ4v) is 2.42. The van der Waals surface area contributed by atoms with Crippen LogP contribution >= 0.6 is 0 Å². The zero-order valence-corrected chi connectivity index (χ0v) is 12.8. The number of nitrogens with zero attached hydrogens (tertiary/aromatic N) is 3. The fourth-order valence-electron chi connectivity index (χ4n) is 2.42. The lowest BCUT2D eigenvalue weighted by Crippen LogP contribution is -2.40. The van der Waals surface area contributed by atoms with Crippen LogP contribution in [-0.4, -0.2) is 44.3 Å². The summed E-state index contributed by atoms with van der Waals surface area (Å²) < 4.78 is 1.76. The Morgan fingerprint density at radius 2 is 2.00 bits per heavy atom. The topological polar surface area (TPSA) is 75.4 Å². The standard InChI is InChI=1S/C14H23N3O3/c1-6-17(9(2)7-14(19)20)13(18)8-12-10(3)15-16(5)11(12)4/h9H,6-8H2,1-5H3,(H,19,20). The van der Waals surface area contributed by atoms with E-state index in [1.165, 1.54) is 0 Å². The van der Waals surface area contributed by atoms with Gasteiger partial charge in [-0.25, -0.2) is 0 Å². The molecular weight excluding hydrogens is 258 g/mol. The molecule has 20 heavy (non-hydrogen) atoms. The number of aliphatic carboxylic acids is 1. The Balaban J connectivity index is 2.85. The van der Waals surface area contributed by atoms with Crippen LogP contribution in [0, 0.1) is 13.8 Å². The van der Waals surface area contributed by atoms with E-state index in [1.807, 2.05) is 27.8 Å². The van der Waals surface area contributed by atoms with Crippen LogP contribution in [0.3, 0.4) is 0 Å². The number of aromatic nitrogens is 2.